The molecule has 1 N–H and O–H groups in total. The zero-order chi connectivity index (χ0) is 18.3. The molecule has 11 heteroatoms. The average molecular weight is 410 g/mol. The Morgan fingerprint density at radius 3 is 3.00 bits per heavy atom. The van der Waals surface area contributed by atoms with E-state index in [0.717, 1.165) is 28.4 Å². The summed E-state index contributed by atoms with van der Waals surface area (Å²) in [5.41, 5.74) is 1.35. The number of nitrogens with zero attached hydrogens (tertiary/aromatic N) is 4. The third-order valence-corrected chi connectivity index (χ3v) is 7.09. The summed E-state index contributed by atoms with van der Waals surface area (Å²) < 4.78 is 27.1. The van der Waals surface area contributed by atoms with Crippen molar-refractivity contribution < 1.29 is 13.2 Å². The van der Waals surface area contributed by atoms with E-state index in [1.807, 2.05) is 11.0 Å². The number of amidine groups is 1. The van der Waals surface area contributed by atoms with E-state index in [2.05, 4.69) is 26.8 Å². The number of carbonyl (C=O) groups is 1. The molecule has 0 spiro atoms. The molecule has 2 aliphatic heterocycles. The maximum absolute atomic E-state index is 12.5. The molecule has 0 atom stereocenters. The van der Waals surface area contributed by atoms with E-state index in [1.54, 1.807) is 12.1 Å². The van der Waals surface area contributed by atoms with Crippen molar-refractivity contribution in [1.29, 1.82) is 0 Å². The maximum Gasteiger partial charge on any atom is 0.257 e. The highest BCUT2D eigenvalue weighted by Gasteiger charge is 2.33. The Morgan fingerprint density at radius 1 is 1.35 bits per heavy atom. The van der Waals surface area contributed by atoms with Crippen LogP contribution in [0.2, 0.25) is 0 Å². The molecule has 0 radical (unpaired) electrons. The first kappa shape index (κ1) is 17.4. The Hall–Kier alpha value is -1.98. The Bertz CT molecular complexity index is 1020. The molecule has 136 valence electrons. The summed E-state index contributed by atoms with van der Waals surface area (Å²) in [5.74, 6) is -0.275. The van der Waals surface area contributed by atoms with Crippen molar-refractivity contribution in [3.8, 4) is 0 Å². The first-order chi connectivity index (χ1) is 12.4. The van der Waals surface area contributed by atoms with Crippen LogP contribution in [0.25, 0.3) is 0 Å². The van der Waals surface area contributed by atoms with E-state index in [1.165, 1.54) is 23.1 Å². The lowest BCUT2D eigenvalue weighted by Crippen LogP contribution is -2.35. The highest BCUT2D eigenvalue weighted by Crippen LogP contribution is 2.42. The van der Waals surface area contributed by atoms with Gasteiger partial charge in [0.2, 0.25) is 5.13 Å². The lowest BCUT2D eigenvalue weighted by atomic mass is 10.2. The summed E-state index contributed by atoms with van der Waals surface area (Å²) in [7, 11) is -3.39. The molecule has 2 aliphatic rings. The molecule has 1 amide bonds. The van der Waals surface area contributed by atoms with Gasteiger partial charge in [0.25, 0.3) is 15.9 Å². The van der Waals surface area contributed by atoms with Gasteiger partial charge >= 0.3 is 0 Å². The number of benzene rings is 1. The smallest absolute Gasteiger partial charge is 0.257 e. The van der Waals surface area contributed by atoms with E-state index >= 15 is 0 Å². The number of aromatic nitrogens is 2. The van der Waals surface area contributed by atoms with Crippen LogP contribution in [0.1, 0.15) is 28.7 Å². The predicted octanol–water partition coefficient (Wildman–Crippen LogP) is 2.35. The van der Waals surface area contributed by atoms with E-state index in [0.29, 0.717) is 22.4 Å². The van der Waals surface area contributed by atoms with Crippen LogP contribution in [-0.2, 0) is 16.4 Å². The van der Waals surface area contributed by atoms with Gasteiger partial charge in [-0.05, 0) is 36.4 Å². The van der Waals surface area contributed by atoms with Gasteiger partial charge < -0.3 is 4.90 Å². The second kappa shape index (κ2) is 6.63. The number of sulfonamides is 1. The molecule has 0 unspecified atom stereocenters. The van der Waals surface area contributed by atoms with Crippen molar-refractivity contribution in [3.05, 3.63) is 28.8 Å². The molecule has 8 nitrogen and oxygen atoms in total. The molecule has 1 aromatic heterocycles. The van der Waals surface area contributed by atoms with Crippen LogP contribution in [0.15, 0.2) is 27.5 Å². The molecule has 0 saturated carbocycles. The number of thioether (sulfide) groups is 1. The molecule has 26 heavy (non-hydrogen) atoms. The van der Waals surface area contributed by atoms with Gasteiger partial charge in [-0.2, -0.15) is 0 Å². The summed E-state index contributed by atoms with van der Waals surface area (Å²) in [5, 5.41) is 12.6. The highest BCUT2D eigenvalue weighted by atomic mass is 32.2. The zero-order valence-electron chi connectivity index (χ0n) is 13.8. The third-order valence-electron chi connectivity index (χ3n) is 3.89. The van der Waals surface area contributed by atoms with E-state index < -0.39 is 10.0 Å². The van der Waals surface area contributed by atoms with Crippen LogP contribution in [-0.4, -0.2) is 42.0 Å². The quantitative estimate of drug-likeness (QED) is 0.826. The molecule has 0 fully saturated rings. The standard InChI is InChI=1S/C15H15N5O3S3/c1-2-3-12-17-18-14(25-12)16-13(21)9-4-5-10-11(8-9)24-15-19-26(22,23)7-6-20(10)15/h4-5,8H,2-3,6-7H2,1H3,(H,16,18,21). The Balaban J connectivity index is 1.54. The van der Waals surface area contributed by atoms with Crippen LogP contribution in [0, 0.1) is 0 Å². The lowest BCUT2D eigenvalue weighted by Gasteiger charge is -2.22. The molecule has 1 aromatic carbocycles. The van der Waals surface area contributed by atoms with Gasteiger partial charge in [-0.3, -0.25) is 10.1 Å². The largest absolute Gasteiger partial charge is 0.318 e. The number of hydrogen-bond acceptors (Lipinski definition) is 8. The van der Waals surface area contributed by atoms with E-state index in [9.17, 15) is 13.2 Å². The van der Waals surface area contributed by atoms with Crippen molar-refractivity contribution in [2.45, 2.75) is 24.7 Å². The summed E-state index contributed by atoms with van der Waals surface area (Å²) in [6.07, 6.45) is 1.81. The summed E-state index contributed by atoms with van der Waals surface area (Å²) >= 11 is 2.63. The number of hydrogen-bond donors (Lipinski definition) is 1. The monoisotopic (exact) mass is 409 g/mol. The van der Waals surface area contributed by atoms with Crippen LogP contribution in [0.3, 0.4) is 0 Å². The van der Waals surface area contributed by atoms with Gasteiger partial charge in [0.1, 0.15) is 5.01 Å². The van der Waals surface area contributed by atoms with Crippen molar-refractivity contribution >= 4 is 55.0 Å². The predicted molar refractivity (Wildman–Crippen MR) is 103 cm³/mol. The fraction of sp³-hybridized carbons (Fsp3) is 0.333. The fourth-order valence-corrected chi connectivity index (χ4v) is 5.79. The van der Waals surface area contributed by atoms with Crippen molar-refractivity contribution in [3.63, 3.8) is 0 Å². The van der Waals surface area contributed by atoms with E-state index in [4.69, 9.17) is 0 Å². The Labute approximate surface area is 158 Å². The molecular weight excluding hydrogens is 394 g/mol. The number of rotatable bonds is 4. The number of nitrogens with one attached hydrogen (secondary N) is 1. The van der Waals surface area contributed by atoms with Gasteiger partial charge in [-0.15, -0.1) is 14.6 Å². The van der Waals surface area contributed by atoms with Gasteiger partial charge in [0.05, 0.1) is 11.4 Å². The second-order valence-corrected chi connectivity index (χ2v) is 9.63. The highest BCUT2D eigenvalue weighted by molar-refractivity contribution is 8.15. The second-order valence-electron chi connectivity index (χ2n) is 5.80. The van der Waals surface area contributed by atoms with Gasteiger partial charge in [-0.25, -0.2) is 8.42 Å². The lowest BCUT2D eigenvalue weighted by molar-refractivity contribution is 0.102. The molecule has 0 aliphatic carbocycles. The molecule has 2 aromatic rings. The van der Waals surface area contributed by atoms with Crippen molar-refractivity contribution in [1.82, 2.24) is 10.2 Å². The summed E-state index contributed by atoms with van der Waals surface area (Å²) in [6, 6.07) is 5.28. The normalized spacial score (nSPS) is 17.4. The van der Waals surface area contributed by atoms with Gasteiger partial charge in [0.15, 0.2) is 5.17 Å². The third kappa shape index (κ3) is 3.33. The Morgan fingerprint density at radius 2 is 2.19 bits per heavy atom. The first-order valence-corrected chi connectivity index (χ1v) is 11.3. The average Bonchev–Trinajstić information content (AvgIpc) is 3.16. The number of fused-ring (bicyclic) bond motifs is 3. The SMILES string of the molecule is CCCc1nnc(NC(=O)c2ccc3c(c2)SC2=NS(=O)(=O)CCN23)s1. The first-order valence-electron chi connectivity index (χ1n) is 8.01. The summed E-state index contributed by atoms with van der Waals surface area (Å²) in [6.45, 7) is 2.43. The molecule has 0 saturated heterocycles. The van der Waals surface area contributed by atoms with E-state index in [-0.39, 0.29) is 11.7 Å². The topological polar surface area (TPSA) is 105 Å². The summed E-state index contributed by atoms with van der Waals surface area (Å²) in [4.78, 5) is 15.2. The number of carbonyl (C=O) groups excluding carboxylic acids is 1. The zero-order valence-corrected chi connectivity index (χ0v) is 16.2. The minimum absolute atomic E-state index is 0.00409. The minimum atomic E-state index is -3.39. The molecule has 3 heterocycles. The number of anilines is 2. The van der Waals surface area contributed by atoms with Gasteiger partial charge in [-0.1, -0.05) is 18.3 Å². The fourth-order valence-electron chi connectivity index (χ4n) is 2.66. The van der Waals surface area contributed by atoms with Crippen molar-refractivity contribution in [2.75, 3.05) is 22.5 Å². The molecular formula is C15H15N5O3S3. The van der Waals surface area contributed by atoms with Gasteiger partial charge in [0, 0.05) is 23.4 Å². The molecule has 0 bridgehead atoms. The van der Waals surface area contributed by atoms with Crippen LogP contribution < -0.4 is 10.2 Å². The van der Waals surface area contributed by atoms with Crippen LogP contribution >= 0.6 is 23.1 Å². The van der Waals surface area contributed by atoms with Crippen LogP contribution in [0.5, 0.6) is 0 Å². The maximum atomic E-state index is 12.5. The number of amides is 1. The minimum Gasteiger partial charge on any atom is -0.318 e. The van der Waals surface area contributed by atoms with Crippen LogP contribution in [0.4, 0.5) is 10.8 Å². The Kier molecular flexibility index (Phi) is 4.45. The van der Waals surface area contributed by atoms with Crippen molar-refractivity contribution in [2.24, 2.45) is 4.40 Å². The number of aryl methyl sites for hydroxylation is 1. The molecule has 4 rings (SSSR count).